The molecule has 0 saturated heterocycles. The molecular weight excluding hydrogens is 270 g/mol. The lowest BCUT2D eigenvalue weighted by Gasteiger charge is -2.06. The highest BCUT2D eigenvalue weighted by molar-refractivity contribution is 5.93. The molecule has 2 heterocycles. The second-order valence-corrected chi connectivity index (χ2v) is 3.66. The molecule has 2 aromatic rings. The van der Waals surface area contributed by atoms with E-state index in [0.717, 1.165) is 12.3 Å². The third-order valence-corrected chi connectivity index (χ3v) is 2.35. The van der Waals surface area contributed by atoms with Crippen molar-refractivity contribution in [2.75, 3.05) is 11.9 Å². The van der Waals surface area contributed by atoms with Gasteiger partial charge in [0.2, 0.25) is 5.89 Å². The number of hydrogen-bond acceptors (Lipinski definition) is 8. The molecule has 0 aliphatic heterocycles. The second kappa shape index (κ2) is 5.73. The normalized spacial score (nSPS) is 10.2. The van der Waals surface area contributed by atoms with Crippen molar-refractivity contribution in [3.63, 3.8) is 0 Å². The summed E-state index contributed by atoms with van der Waals surface area (Å²) < 4.78 is 4.77. The monoisotopic (exact) mass is 279 g/mol. The van der Waals surface area contributed by atoms with Crippen LogP contribution in [0.3, 0.4) is 0 Å². The molecule has 2 N–H and O–H groups in total. The first kappa shape index (κ1) is 13.4. The Kier molecular flexibility index (Phi) is 3.84. The standard InChI is InChI=1S/C10H9N5O5/c16-10(17)7-3-6(15(18)19)4-12-9(7)11-2-1-8-13-5-14-20-8/h3-5H,1-2H2,(H,11,12)(H,16,17). The fourth-order valence-electron chi connectivity index (χ4n) is 1.45. The van der Waals surface area contributed by atoms with Gasteiger partial charge in [0.15, 0.2) is 6.33 Å². The summed E-state index contributed by atoms with van der Waals surface area (Å²) in [6, 6.07) is 0.949. The Morgan fingerprint density at radius 3 is 2.90 bits per heavy atom. The van der Waals surface area contributed by atoms with Gasteiger partial charge in [0, 0.05) is 19.0 Å². The molecule has 0 spiro atoms. The molecule has 0 aliphatic carbocycles. The molecule has 2 rings (SSSR count). The maximum Gasteiger partial charge on any atom is 0.339 e. The van der Waals surface area contributed by atoms with E-state index < -0.39 is 10.9 Å². The molecule has 0 aromatic carbocycles. The third kappa shape index (κ3) is 3.04. The number of nitrogens with zero attached hydrogens (tertiary/aromatic N) is 4. The fourth-order valence-corrected chi connectivity index (χ4v) is 1.45. The average Bonchev–Trinajstić information content (AvgIpc) is 2.91. The van der Waals surface area contributed by atoms with Crippen LogP contribution >= 0.6 is 0 Å². The number of carboxylic acid groups (broad SMARTS) is 1. The largest absolute Gasteiger partial charge is 0.478 e. The van der Waals surface area contributed by atoms with Crippen LogP contribution in [0, 0.1) is 10.1 Å². The van der Waals surface area contributed by atoms with Crippen LogP contribution in [0.4, 0.5) is 11.5 Å². The van der Waals surface area contributed by atoms with Gasteiger partial charge < -0.3 is 14.9 Å². The van der Waals surface area contributed by atoms with Crippen LogP contribution in [0.2, 0.25) is 0 Å². The molecule has 20 heavy (non-hydrogen) atoms. The summed E-state index contributed by atoms with van der Waals surface area (Å²) in [6.07, 6.45) is 2.61. The van der Waals surface area contributed by atoms with Crippen molar-refractivity contribution in [3.8, 4) is 0 Å². The smallest absolute Gasteiger partial charge is 0.339 e. The number of carbonyl (C=O) groups is 1. The molecule has 0 atom stereocenters. The van der Waals surface area contributed by atoms with Gasteiger partial charge in [-0.05, 0) is 0 Å². The van der Waals surface area contributed by atoms with Crippen molar-refractivity contribution in [2.24, 2.45) is 0 Å². The van der Waals surface area contributed by atoms with Crippen molar-refractivity contribution in [1.82, 2.24) is 15.1 Å². The van der Waals surface area contributed by atoms with Crippen LogP contribution in [0.1, 0.15) is 16.2 Å². The molecule has 10 heteroatoms. The van der Waals surface area contributed by atoms with Gasteiger partial charge in [-0.25, -0.2) is 9.78 Å². The van der Waals surface area contributed by atoms with Crippen LogP contribution in [-0.4, -0.2) is 37.7 Å². The molecule has 0 saturated carbocycles. The maximum atomic E-state index is 11.0. The van der Waals surface area contributed by atoms with E-state index in [0.29, 0.717) is 18.9 Å². The highest BCUT2D eigenvalue weighted by Gasteiger charge is 2.17. The Hall–Kier alpha value is -3.04. The summed E-state index contributed by atoms with van der Waals surface area (Å²) in [7, 11) is 0. The van der Waals surface area contributed by atoms with Crippen LogP contribution in [0.25, 0.3) is 0 Å². The molecular formula is C10H9N5O5. The minimum Gasteiger partial charge on any atom is -0.478 e. The quantitative estimate of drug-likeness (QED) is 0.577. The zero-order valence-corrected chi connectivity index (χ0v) is 10.0. The number of pyridine rings is 1. The minimum absolute atomic E-state index is 0.0441. The Bertz CT molecular complexity index is 627. The molecule has 0 bridgehead atoms. The molecule has 10 nitrogen and oxygen atoms in total. The topological polar surface area (TPSA) is 144 Å². The first-order chi connectivity index (χ1) is 9.58. The SMILES string of the molecule is O=C(O)c1cc([N+](=O)[O-])cnc1NCCc1ncno1. The molecule has 2 aromatic heterocycles. The van der Waals surface area contributed by atoms with E-state index in [9.17, 15) is 14.9 Å². The van der Waals surface area contributed by atoms with Crippen molar-refractivity contribution < 1.29 is 19.3 Å². The van der Waals surface area contributed by atoms with Crippen LogP contribution in [0.15, 0.2) is 23.1 Å². The number of rotatable bonds is 6. The van der Waals surface area contributed by atoms with Crippen LogP contribution in [0.5, 0.6) is 0 Å². The van der Waals surface area contributed by atoms with E-state index in [1.54, 1.807) is 0 Å². The van der Waals surface area contributed by atoms with Gasteiger partial charge in [0.1, 0.15) is 17.6 Å². The van der Waals surface area contributed by atoms with E-state index in [4.69, 9.17) is 9.63 Å². The predicted octanol–water partition coefficient (Wildman–Crippen LogP) is 0.726. The van der Waals surface area contributed by atoms with Gasteiger partial charge in [0.25, 0.3) is 5.69 Å². The number of aromatic nitrogens is 3. The zero-order chi connectivity index (χ0) is 14.5. The Balaban J connectivity index is 2.10. The lowest BCUT2D eigenvalue weighted by atomic mass is 10.2. The van der Waals surface area contributed by atoms with E-state index in [1.165, 1.54) is 6.33 Å². The van der Waals surface area contributed by atoms with Gasteiger partial charge in [-0.15, -0.1) is 0 Å². The van der Waals surface area contributed by atoms with Crippen LogP contribution in [-0.2, 0) is 6.42 Å². The number of nitro groups is 1. The minimum atomic E-state index is -1.30. The number of hydrogen-bond donors (Lipinski definition) is 2. The first-order valence-electron chi connectivity index (χ1n) is 5.45. The number of nitrogens with one attached hydrogen (secondary N) is 1. The van der Waals surface area contributed by atoms with Crippen LogP contribution < -0.4 is 5.32 Å². The Morgan fingerprint density at radius 2 is 2.30 bits per heavy atom. The zero-order valence-electron chi connectivity index (χ0n) is 10.0. The van der Waals surface area contributed by atoms with Gasteiger partial charge in [-0.2, -0.15) is 4.98 Å². The molecule has 0 aliphatic rings. The number of carboxylic acids is 1. The Morgan fingerprint density at radius 1 is 1.50 bits per heavy atom. The van der Waals surface area contributed by atoms with E-state index in [1.807, 2.05) is 0 Å². The maximum absolute atomic E-state index is 11.0. The third-order valence-electron chi connectivity index (χ3n) is 2.35. The molecule has 0 amide bonds. The van der Waals surface area contributed by atoms with Gasteiger partial charge >= 0.3 is 5.97 Å². The van der Waals surface area contributed by atoms with Gasteiger partial charge in [0.05, 0.1) is 4.92 Å². The van der Waals surface area contributed by atoms with Gasteiger partial charge in [-0.1, -0.05) is 5.16 Å². The summed E-state index contributed by atoms with van der Waals surface area (Å²) in [4.78, 5) is 28.5. The summed E-state index contributed by atoms with van der Waals surface area (Å²) in [6.45, 7) is 0.299. The van der Waals surface area contributed by atoms with Crippen molar-refractivity contribution in [1.29, 1.82) is 0 Å². The predicted molar refractivity (Wildman–Crippen MR) is 64.3 cm³/mol. The molecule has 0 unspecified atom stereocenters. The lowest BCUT2D eigenvalue weighted by Crippen LogP contribution is -2.11. The average molecular weight is 279 g/mol. The summed E-state index contributed by atoms with van der Waals surface area (Å²) in [5.41, 5.74) is -0.658. The Labute approximate surface area is 111 Å². The van der Waals surface area contributed by atoms with Crippen molar-refractivity contribution in [2.45, 2.75) is 6.42 Å². The summed E-state index contributed by atoms with van der Waals surface area (Å²) in [5, 5.41) is 25.8. The molecule has 0 fully saturated rings. The fraction of sp³-hybridized carbons (Fsp3) is 0.200. The first-order valence-corrected chi connectivity index (χ1v) is 5.45. The number of anilines is 1. The van der Waals surface area contributed by atoms with E-state index in [-0.39, 0.29) is 17.1 Å². The number of aromatic carboxylic acids is 1. The highest BCUT2D eigenvalue weighted by atomic mass is 16.6. The second-order valence-electron chi connectivity index (χ2n) is 3.66. The highest BCUT2D eigenvalue weighted by Crippen LogP contribution is 2.19. The summed E-state index contributed by atoms with van der Waals surface area (Å²) >= 11 is 0. The van der Waals surface area contributed by atoms with E-state index >= 15 is 0 Å². The van der Waals surface area contributed by atoms with Crippen molar-refractivity contribution in [3.05, 3.63) is 40.2 Å². The lowest BCUT2D eigenvalue weighted by molar-refractivity contribution is -0.385. The van der Waals surface area contributed by atoms with Gasteiger partial charge in [-0.3, -0.25) is 10.1 Å². The summed E-state index contributed by atoms with van der Waals surface area (Å²) in [5.74, 6) is -0.875. The van der Waals surface area contributed by atoms with E-state index in [2.05, 4.69) is 20.4 Å². The molecule has 104 valence electrons. The van der Waals surface area contributed by atoms with Crippen molar-refractivity contribution >= 4 is 17.5 Å². The molecule has 0 radical (unpaired) electrons.